The van der Waals surface area contributed by atoms with Crippen LogP contribution in [0, 0.1) is 5.92 Å². The first kappa shape index (κ1) is 24.8. The van der Waals surface area contributed by atoms with E-state index in [0.717, 1.165) is 37.8 Å². The predicted octanol–water partition coefficient (Wildman–Crippen LogP) is 5.49. The van der Waals surface area contributed by atoms with Crippen molar-refractivity contribution in [3.63, 3.8) is 0 Å². The highest BCUT2D eigenvalue weighted by Crippen LogP contribution is 2.29. The number of rotatable bonds is 8. The third-order valence-corrected chi connectivity index (χ3v) is 5.12. The van der Waals surface area contributed by atoms with Crippen LogP contribution in [0.2, 0.25) is 0 Å². The number of halogens is 2. The van der Waals surface area contributed by atoms with Crippen molar-refractivity contribution in [1.29, 1.82) is 0 Å². The molecule has 3 rings (SSSR count). The molecule has 0 spiro atoms. The van der Waals surface area contributed by atoms with E-state index in [9.17, 15) is 0 Å². The van der Waals surface area contributed by atoms with Gasteiger partial charge in [0, 0.05) is 32.2 Å². The lowest BCUT2D eigenvalue weighted by molar-refractivity contribution is 0.159. The zero-order valence-electron chi connectivity index (χ0n) is 17.0. The third-order valence-electron chi connectivity index (χ3n) is 5.12. The van der Waals surface area contributed by atoms with Gasteiger partial charge >= 0.3 is 0 Å². The van der Waals surface area contributed by atoms with Crippen LogP contribution in [0.1, 0.15) is 43.9 Å². The van der Waals surface area contributed by atoms with Crippen molar-refractivity contribution < 1.29 is 4.74 Å². The maximum absolute atomic E-state index is 5.95. The first-order chi connectivity index (χ1) is 12.7. The van der Waals surface area contributed by atoms with Crippen molar-refractivity contribution in [3.05, 3.63) is 65.7 Å². The maximum atomic E-state index is 5.95. The summed E-state index contributed by atoms with van der Waals surface area (Å²) in [4.78, 5) is 2.64. The second kappa shape index (κ2) is 13.1. The lowest BCUT2D eigenvalue weighted by Crippen LogP contribution is -2.45. The Hall–Kier alpha value is -1.26. The Morgan fingerprint density at radius 1 is 0.893 bits per heavy atom. The fraction of sp³-hybridized carbons (Fsp3) is 0.478. The summed E-state index contributed by atoms with van der Waals surface area (Å²) in [5.41, 5.74) is 2.62. The van der Waals surface area contributed by atoms with Gasteiger partial charge in [0.25, 0.3) is 0 Å². The average molecular weight is 425 g/mol. The summed E-state index contributed by atoms with van der Waals surface area (Å²) in [7, 11) is 0. The van der Waals surface area contributed by atoms with E-state index < -0.39 is 0 Å². The zero-order valence-corrected chi connectivity index (χ0v) is 18.6. The fourth-order valence-corrected chi connectivity index (χ4v) is 3.57. The van der Waals surface area contributed by atoms with Crippen molar-refractivity contribution in [3.8, 4) is 5.75 Å². The molecule has 1 aliphatic rings. The van der Waals surface area contributed by atoms with Crippen LogP contribution in [-0.2, 0) is 6.61 Å². The summed E-state index contributed by atoms with van der Waals surface area (Å²) in [5, 5.41) is 3.47. The van der Waals surface area contributed by atoms with Gasteiger partial charge in [-0.3, -0.25) is 4.90 Å². The Kier molecular flexibility index (Phi) is 11.6. The number of benzene rings is 2. The molecular formula is C23H34Cl2N2O. The van der Waals surface area contributed by atoms with E-state index in [1.165, 1.54) is 24.0 Å². The largest absolute Gasteiger partial charge is 0.489 e. The number of piperazine rings is 1. The Morgan fingerprint density at radius 2 is 1.54 bits per heavy atom. The molecule has 0 bridgehead atoms. The molecule has 2 aromatic carbocycles. The highest BCUT2D eigenvalue weighted by atomic mass is 35.5. The van der Waals surface area contributed by atoms with E-state index in [2.05, 4.69) is 72.6 Å². The molecule has 1 aliphatic heterocycles. The van der Waals surface area contributed by atoms with Crippen LogP contribution < -0.4 is 10.1 Å². The van der Waals surface area contributed by atoms with Crippen molar-refractivity contribution in [1.82, 2.24) is 10.2 Å². The molecule has 0 aliphatic carbocycles. The highest BCUT2D eigenvalue weighted by molar-refractivity contribution is 5.85. The Bertz CT molecular complexity index is 643. The minimum absolute atomic E-state index is 0. The molecule has 0 unspecified atom stereocenters. The number of nitrogens with zero attached hydrogens (tertiary/aromatic N) is 1. The fourth-order valence-electron chi connectivity index (χ4n) is 3.57. The maximum Gasteiger partial charge on any atom is 0.119 e. The van der Waals surface area contributed by atoms with Gasteiger partial charge in [-0.2, -0.15) is 0 Å². The van der Waals surface area contributed by atoms with Crippen LogP contribution in [0.15, 0.2) is 54.6 Å². The molecule has 1 atom stereocenters. The van der Waals surface area contributed by atoms with E-state index in [1.807, 2.05) is 6.07 Å². The van der Waals surface area contributed by atoms with Crippen molar-refractivity contribution in [2.75, 3.05) is 26.2 Å². The van der Waals surface area contributed by atoms with Gasteiger partial charge in [0.05, 0.1) is 0 Å². The van der Waals surface area contributed by atoms with Gasteiger partial charge in [-0.05, 0) is 42.0 Å². The molecule has 1 heterocycles. The summed E-state index contributed by atoms with van der Waals surface area (Å²) in [6.45, 7) is 9.70. The Balaban J connectivity index is 0.00000196. The summed E-state index contributed by atoms with van der Waals surface area (Å²) in [6, 6.07) is 19.6. The molecule has 2 aromatic rings. The third kappa shape index (κ3) is 7.63. The molecule has 3 nitrogen and oxygen atoms in total. The van der Waals surface area contributed by atoms with E-state index in [4.69, 9.17) is 4.74 Å². The van der Waals surface area contributed by atoms with Crippen LogP contribution >= 0.6 is 24.8 Å². The zero-order chi connectivity index (χ0) is 18.2. The van der Waals surface area contributed by atoms with Gasteiger partial charge in [-0.25, -0.2) is 0 Å². The molecule has 0 saturated carbocycles. The van der Waals surface area contributed by atoms with Gasteiger partial charge in [0.1, 0.15) is 12.4 Å². The molecule has 5 heteroatoms. The quantitative estimate of drug-likeness (QED) is 0.605. The van der Waals surface area contributed by atoms with Gasteiger partial charge in [-0.15, -0.1) is 24.8 Å². The minimum atomic E-state index is 0. The van der Waals surface area contributed by atoms with Gasteiger partial charge in [0.15, 0.2) is 0 Å². The summed E-state index contributed by atoms with van der Waals surface area (Å²) < 4.78 is 5.95. The number of nitrogens with one attached hydrogen (secondary N) is 1. The van der Waals surface area contributed by atoms with E-state index in [0.29, 0.717) is 12.6 Å². The molecular weight excluding hydrogens is 391 g/mol. The molecule has 28 heavy (non-hydrogen) atoms. The second-order valence-electron chi connectivity index (χ2n) is 7.62. The molecule has 156 valence electrons. The van der Waals surface area contributed by atoms with Crippen LogP contribution in [0.25, 0.3) is 0 Å². The Morgan fingerprint density at radius 3 is 2.14 bits per heavy atom. The van der Waals surface area contributed by atoms with E-state index >= 15 is 0 Å². The summed E-state index contributed by atoms with van der Waals surface area (Å²) >= 11 is 0. The SMILES string of the molecule is CC(C)CC[C@@H](c1ccc(OCc2ccccc2)cc1)N1CCNCC1.Cl.Cl. The van der Waals surface area contributed by atoms with Crippen molar-refractivity contribution in [2.24, 2.45) is 5.92 Å². The molecule has 1 saturated heterocycles. The number of hydrogen-bond acceptors (Lipinski definition) is 3. The highest BCUT2D eigenvalue weighted by Gasteiger charge is 2.22. The number of hydrogen-bond donors (Lipinski definition) is 1. The average Bonchev–Trinajstić information content (AvgIpc) is 2.69. The van der Waals surface area contributed by atoms with Crippen LogP contribution in [0.4, 0.5) is 0 Å². The lowest BCUT2D eigenvalue weighted by atomic mass is 9.95. The van der Waals surface area contributed by atoms with Crippen LogP contribution in [0.3, 0.4) is 0 Å². The van der Waals surface area contributed by atoms with Crippen molar-refractivity contribution in [2.45, 2.75) is 39.3 Å². The molecule has 1 fully saturated rings. The van der Waals surface area contributed by atoms with Crippen LogP contribution in [0.5, 0.6) is 5.75 Å². The minimum Gasteiger partial charge on any atom is -0.489 e. The number of ether oxygens (including phenoxy) is 1. The molecule has 1 N–H and O–H groups in total. The van der Waals surface area contributed by atoms with Gasteiger partial charge in [0.2, 0.25) is 0 Å². The van der Waals surface area contributed by atoms with Crippen LogP contribution in [-0.4, -0.2) is 31.1 Å². The lowest BCUT2D eigenvalue weighted by Gasteiger charge is -2.35. The normalized spacial score (nSPS) is 15.4. The van der Waals surface area contributed by atoms with Crippen molar-refractivity contribution >= 4 is 24.8 Å². The van der Waals surface area contributed by atoms with Gasteiger partial charge < -0.3 is 10.1 Å². The monoisotopic (exact) mass is 424 g/mol. The summed E-state index contributed by atoms with van der Waals surface area (Å²) in [5.74, 6) is 1.69. The predicted molar refractivity (Wildman–Crippen MR) is 123 cm³/mol. The first-order valence-corrected chi connectivity index (χ1v) is 9.94. The second-order valence-corrected chi connectivity index (χ2v) is 7.62. The summed E-state index contributed by atoms with van der Waals surface area (Å²) in [6.07, 6.45) is 2.49. The smallest absolute Gasteiger partial charge is 0.119 e. The topological polar surface area (TPSA) is 24.5 Å². The molecule has 0 radical (unpaired) electrons. The van der Waals surface area contributed by atoms with E-state index in [1.54, 1.807) is 0 Å². The molecule has 0 aromatic heterocycles. The molecule has 0 amide bonds. The first-order valence-electron chi connectivity index (χ1n) is 9.94. The van der Waals surface area contributed by atoms with Gasteiger partial charge in [-0.1, -0.05) is 56.3 Å². The Labute approximate surface area is 182 Å². The van der Waals surface area contributed by atoms with E-state index in [-0.39, 0.29) is 24.8 Å². The standard InChI is InChI=1S/C23H32N2O.2ClH/c1-19(2)8-13-23(25-16-14-24-15-17-25)21-9-11-22(12-10-21)26-18-20-6-4-3-5-7-20;;/h3-7,9-12,19,23-24H,8,13-18H2,1-2H3;2*1H/t23-;;/m0../s1.